The quantitative estimate of drug-likeness (QED) is 0.413. The summed E-state index contributed by atoms with van der Waals surface area (Å²) in [6.07, 6.45) is 5.79. The first kappa shape index (κ1) is 26.3. The molecule has 0 atom stereocenters. The highest BCUT2D eigenvalue weighted by Crippen LogP contribution is 2.45. The summed E-state index contributed by atoms with van der Waals surface area (Å²) in [6.45, 7) is 4.78. The Balaban J connectivity index is 1.42. The predicted molar refractivity (Wildman–Crippen MR) is 151 cm³/mol. The molecule has 39 heavy (non-hydrogen) atoms. The van der Waals surface area contributed by atoms with Gasteiger partial charge in [-0.3, -0.25) is 9.78 Å². The zero-order valence-electron chi connectivity index (χ0n) is 22.7. The molecule has 8 heteroatoms. The molecular weight excluding hydrogens is 497 g/mol. The molecule has 2 heterocycles. The fourth-order valence-electron chi connectivity index (χ4n) is 5.36. The number of aromatic nitrogens is 1. The largest absolute Gasteiger partial charge is 0.493 e. The van der Waals surface area contributed by atoms with Crippen molar-refractivity contribution in [2.24, 2.45) is 0 Å². The third-order valence-electron chi connectivity index (χ3n) is 7.44. The number of benzene rings is 2. The second-order valence-corrected chi connectivity index (χ2v) is 9.56. The molecule has 3 aromatic rings. The number of carbonyl (C=O) groups excluding carboxylic acids is 1. The molecule has 0 N–H and O–H groups in total. The Morgan fingerprint density at radius 1 is 0.923 bits per heavy atom. The standard InChI is InChI=1S/C31H32FN3O4/c1-20-25(15-21-16-28(37-2)31(39-4)29(17-21)38-3)24-6-5-22(32)18-27(24)26(20)19-30(36)35-13-11-34(12-14-35)23-7-9-33-10-8-23/h5-10,15-18H,11-14,19H2,1-4H3/b25-15-. The number of pyridine rings is 1. The Hall–Kier alpha value is -4.33. The van der Waals surface area contributed by atoms with Crippen molar-refractivity contribution in [3.8, 4) is 17.2 Å². The fourth-order valence-corrected chi connectivity index (χ4v) is 5.36. The van der Waals surface area contributed by atoms with Crippen molar-refractivity contribution in [1.82, 2.24) is 9.88 Å². The number of anilines is 1. The highest BCUT2D eigenvalue weighted by Gasteiger charge is 2.29. The molecular formula is C31H32FN3O4. The van der Waals surface area contributed by atoms with Gasteiger partial charge in [0.15, 0.2) is 11.5 Å². The van der Waals surface area contributed by atoms with Crippen molar-refractivity contribution in [2.75, 3.05) is 52.4 Å². The fraction of sp³-hybridized carbons (Fsp3) is 0.290. The van der Waals surface area contributed by atoms with Gasteiger partial charge in [0.05, 0.1) is 27.8 Å². The molecule has 1 aromatic heterocycles. The first-order valence-electron chi connectivity index (χ1n) is 12.9. The molecule has 7 nitrogen and oxygen atoms in total. The van der Waals surface area contributed by atoms with E-state index in [2.05, 4.69) is 9.88 Å². The van der Waals surface area contributed by atoms with Crippen molar-refractivity contribution in [1.29, 1.82) is 0 Å². The lowest BCUT2D eigenvalue weighted by atomic mass is 10.00. The number of carbonyl (C=O) groups is 1. The number of nitrogens with zero attached hydrogens (tertiary/aromatic N) is 3. The van der Waals surface area contributed by atoms with Gasteiger partial charge in [0.1, 0.15) is 5.82 Å². The number of halogens is 1. The minimum absolute atomic E-state index is 0.0444. The summed E-state index contributed by atoms with van der Waals surface area (Å²) in [5, 5.41) is 0. The first-order valence-corrected chi connectivity index (χ1v) is 12.9. The molecule has 0 spiro atoms. The van der Waals surface area contributed by atoms with Gasteiger partial charge in [0, 0.05) is 44.3 Å². The second-order valence-electron chi connectivity index (χ2n) is 9.56. The van der Waals surface area contributed by atoms with E-state index in [4.69, 9.17) is 14.2 Å². The van der Waals surface area contributed by atoms with Crippen molar-refractivity contribution < 1.29 is 23.4 Å². The summed E-state index contributed by atoms with van der Waals surface area (Å²) in [5.41, 5.74) is 6.34. The monoisotopic (exact) mass is 529 g/mol. The maximum Gasteiger partial charge on any atom is 0.227 e. The minimum Gasteiger partial charge on any atom is -0.493 e. The van der Waals surface area contributed by atoms with Crippen molar-refractivity contribution in [3.05, 3.63) is 82.9 Å². The van der Waals surface area contributed by atoms with Crippen LogP contribution >= 0.6 is 0 Å². The maximum absolute atomic E-state index is 14.4. The Kier molecular flexibility index (Phi) is 7.54. The number of hydrogen-bond donors (Lipinski definition) is 0. The molecule has 5 rings (SSSR count). The molecule has 1 aliphatic carbocycles. The summed E-state index contributed by atoms with van der Waals surface area (Å²) < 4.78 is 30.9. The Labute approximate surface area is 228 Å². The Morgan fingerprint density at radius 2 is 1.59 bits per heavy atom. The summed E-state index contributed by atoms with van der Waals surface area (Å²) in [4.78, 5) is 21.7. The van der Waals surface area contributed by atoms with Crippen LogP contribution in [0.2, 0.25) is 0 Å². The van der Waals surface area contributed by atoms with Crippen molar-refractivity contribution >= 4 is 28.8 Å². The molecule has 2 aliphatic rings. The van der Waals surface area contributed by atoms with Crippen LogP contribution in [0, 0.1) is 5.82 Å². The van der Waals surface area contributed by atoms with Crippen molar-refractivity contribution in [3.63, 3.8) is 0 Å². The number of ether oxygens (including phenoxy) is 3. The van der Waals surface area contributed by atoms with Crippen LogP contribution in [0.1, 0.15) is 30.0 Å². The molecule has 1 aliphatic heterocycles. The third kappa shape index (κ3) is 5.19. The lowest BCUT2D eigenvalue weighted by Crippen LogP contribution is -2.48. The molecule has 1 saturated heterocycles. The number of piperazine rings is 1. The number of hydrogen-bond acceptors (Lipinski definition) is 6. The molecule has 1 amide bonds. The van der Waals surface area contributed by atoms with E-state index in [9.17, 15) is 9.18 Å². The van der Waals surface area contributed by atoms with E-state index < -0.39 is 0 Å². The molecule has 1 fully saturated rings. The van der Waals surface area contributed by atoms with Crippen LogP contribution in [-0.2, 0) is 4.79 Å². The number of rotatable bonds is 7. The number of methoxy groups -OCH3 is 3. The van der Waals surface area contributed by atoms with Crippen LogP contribution < -0.4 is 19.1 Å². The van der Waals surface area contributed by atoms with Gasteiger partial charge in [0.25, 0.3) is 0 Å². The van der Waals surface area contributed by atoms with Gasteiger partial charge >= 0.3 is 0 Å². The van der Waals surface area contributed by atoms with Gasteiger partial charge < -0.3 is 24.0 Å². The summed E-state index contributed by atoms with van der Waals surface area (Å²) in [5.74, 6) is 1.32. The number of amides is 1. The van der Waals surface area contributed by atoms with Gasteiger partial charge in [-0.2, -0.15) is 0 Å². The van der Waals surface area contributed by atoms with Crippen LogP contribution in [0.25, 0.3) is 17.2 Å². The lowest BCUT2D eigenvalue weighted by Gasteiger charge is -2.36. The third-order valence-corrected chi connectivity index (χ3v) is 7.44. The van der Waals surface area contributed by atoms with Crippen LogP contribution in [0.15, 0.2) is 60.4 Å². The maximum atomic E-state index is 14.4. The van der Waals surface area contributed by atoms with Gasteiger partial charge in [-0.1, -0.05) is 6.07 Å². The molecule has 0 saturated carbocycles. The van der Waals surface area contributed by atoms with E-state index in [1.54, 1.807) is 39.8 Å². The minimum atomic E-state index is -0.327. The van der Waals surface area contributed by atoms with E-state index in [0.717, 1.165) is 52.2 Å². The molecule has 0 unspecified atom stereocenters. The topological polar surface area (TPSA) is 64.1 Å². The average molecular weight is 530 g/mol. The molecule has 202 valence electrons. The Morgan fingerprint density at radius 3 is 2.21 bits per heavy atom. The van der Waals surface area contributed by atoms with Crippen LogP contribution in [-0.4, -0.2) is 63.3 Å². The normalized spacial score (nSPS) is 16.0. The molecule has 0 radical (unpaired) electrons. The first-order chi connectivity index (χ1) is 18.9. The smallest absolute Gasteiger partial charge is 0.227 e. The van der Waals surface area contributed by atoms with Gasteiger partial charge in [-0.15, -0.1) is 0 Å². The predicted octanol–water partition coefficient (Wildman–Crippen LogP) is 5.31. The highest BCUT2D eigenvalue weighted by molar-refractivity contribution is 6.08. The van der Waals surface area contributed by atoms with E-state index in [0.29, 0.717) is 30.3 Å². The average Bonchev–Trinajstić information content (AvgIpc) is 3.22. The summed E-state index contributed by atoms with van der Waals surface area (Å²) in [6, 6.07) is 12.5. The summed E-state index contributed by atoms with van der Waals surface area (Å²) in [7, 11) is 4.72. The summed E-state index contributed by atoms with van der Waals surface area (Å²) >= 11 is 0. The zero-order chi connectivity index (χ0) is 27.5. The van der Waals surface area contributed by atoms with E-state index >= 15 is 0 Å². The van der Waals surface area contributed by atoms with Gasteiger partial charge in [-0.05, 0) is 82.8 Å². The number of allylic oxidation sites excluding steroid dienone is 2. The van der Waals surface area contributed by atoms with E-state index in [1.807, 2.05) is 42.2 Å². The SMILES string of the molecule is COc1cc(/C=C2/C(C)=C(CC(=O)N3CCN(c4ccncc4)CC3)c3cc(F)ccc32)cc(OC)c1OC. The molecule has 0 bridgehead atoms. The number of fused-ring (bicyclic) bond motifs is 1. The van der Waals surface area contributed by atoms with Crippen LogP contribution in [0.4, 0.5) is 10.1 Å². The van der Waals surface area contributed by atoms with E-state index in [-0.39, 0.29) is 18.1 Å². The van der Waals surface area contributed by atoms with Gasteiger partial charge in [0.2, 0.25) is 11.7 Å². The van der Waals surface area contributed by atoms with Crippen LogP contribution in [0.3, 0.4) is 0 Å². The van der Waals surface area contributed by atoms with Crippen LogP contribution in [0.5, 0.6) is 17.2 Å². The highest BCUT2D eigenvalue weighted by atomic mass is 19.1. The molecule has 2 aromatic carbocycles. The Bertz CT molecular complexity index is 1420. The van der Waals surface area contributed by atoms with Gasteiger partial charge in [-0.25, -0.2) is 4.39 Å². The lowest BCUT2D eigenvalue weighted by molar-refractivity contribution is -0.130. The van der Waals surface area contributed by atoms with Crippen molar-refractivity contribution in [2.45, 2.75) is 13.3 Å². The van der Waals surface area contributed by atoms with E-state index in [1.165, 1.54) is 12.1 Å². The second kappa shape index (κ2) is 11.2. The zero-order valence-corrected chi connectivity index (χ0v) is 22.7.